The first-order valence-corrected chi connectivity index (χ1v) is 18.8. The number of benzene rings is 10. The van der Waals surface area contributed by atoms with E-state index in [2.05, 4.69) is 193 Å². The predicted octanol–water partition coefficient (Wildman–Crippen LogP) is 13.8. The van der Waals surface area contributed by atoms with E-state index in [4.69, 9.17) is 9.97 Å². The van der Waals surface area contributed by atoms with Crippen molar-refractivity contribution in [2.75, 3.05) is 0 Å². The maximum Gasteiger partial charge on any atom is 0.160 e. The van der Waals surface area contributed by atoms with E-state index in [0.29, 0.717) is 5.82 Å². The summed E-state index contributed by atoms with van der Waals surface area (Å²) < 4.78 is 2.45. The van der Waals surface area contributed by atoms with E-state index in [0.717, 1.165) is 44.2 Å². The Morgan fingerprint density at radius 3 is 1.78 bits per heavy atom. The van der Waals surface area contributed by atoms with Crippen LogP contribution in [0.1, 0.15) is 0 Å². The summed E-state index contributed by atoms with van der Waals surface area (Å²) in [5, 5.41) is 13.6. The van der Waals surface area contributed by atoms with Crippen molar-refractivity contribution < 1.29 is 0 Å². The van der Waals surface area contributed by atoms with Gasteiger partial charge in [-0.1, -0.05) is 152 Å². The zero-order valence-corrected chi connectivity index (χ0v) is 29.7. The topological polar surface area (TPSA) is 30.7 Å². The largest absolute Gasteiger partial charge is 0.309 e. The molecule has 0 amide bonds. The van der Waals surface area contributed by atoms with Gasteiger partial charge in [0.25, 0.3) is 0 Å². The highest BCUT2D eigenvalue weighted by molar-refractivity contribution is 6.38. The van der Waals surface area contributed by atoms with E-state index in [9.17, 15) is 0 Å². The number of fused-ring (bicyclic) bond motifs is 8. The summed E-state index contributed by atoms with van der Waals surface area (Å²) in [6.07, 6.45) is 0. The first-order chi connectivity index (χ1) is 27.3. The molecule has 0 aliphatic carbocycles. The Morgan fingerprint density at radius 1 is 0.327 bits per heavy atom. The van der Waals surface area contributed by atoms with Crippen molar-refractivity contribution in [1.29, 1.82) is 0 Å². The first-order valence-electron chi connectivity index (χ1n) is 18.8. The number of aromatic nitrogens is 3. The highest BCUT2D eigenvalue weighted by atomic mass is 15.0. The Hall–Kier alpha value is -7.36. The number of rotatable bonds is 4. The van der Waals surface area contributed by atoms with Gasteiger partial charge in [-0.15, -0.1) is 0 Å². The molecule has 12 rings (SSSR count). The zero-order valence-electron chi connectivity index (χ0n) is 29.7. The quantitative estimate of drug-likeness (QED) is 0.171. The summed E-state index contributed by atoms with van der Waals surface area (Å²) in [6, 6.07) is 67.8. The summed E-state index contributed by atoms with van der Waals surface area (Å²) in [7, 11) is 0. The van der Waals surface area contributed by atoms with Crippen molar-refractivity contribution in [3.63, 3.8) is 0 Å². The fourth-order valence-electron chi connectivity index (χ4n) is 9.06. The number of nitrogens with zero attached hydrogens (tertiary/aromatic N) is 3. The molecule has 0 unspecified atom stereocenters. The Balaban J connectivity index is 1.17. The van der Waals surface area contributed by atoms with Crippen LogP contribution in [0.2, 0.25) is 0 Å². The molecule has 0 spiro atoms. The molecule has 0 aliphatic heterocycles. The van der Waals surface area contributed by atoms with Gasteiger partial charge in [-0.05, 0) is 85.2 Å². The van der Waals surface area contributed by atoms with Crippen LogP contribution in [0, 0.1) is 0 Å². The minimum atomic E-state index is 0.708. The third kappa shape index (κ3) is 4.44. The average Bonchev–Trinajstić information content (AvgIpc) is 3.60. The minimum Gasteiger partial charge on any atom is -0.309 e. The molecule has 0 saturated heterocycles. The Morgan fingerprint density at radius 2 is 0.964 bits per heavy atom. The summed E-state index contributed by atoms with van der Waals surface area (Å²) >= 11 is 0. The maximum atomic E-state index is 5.33. The van der Waals surface area contributed by atoms with Crippen LogP contribution in [0.4, 0.5) is 0 Å². The van der Waals surface area contributed by atoms with Gasteiger partial charge in [0.05, 0.1) is 22.2 Å². The average molecular weight is 698 g/mol. The van der Waals surface area contributed by atoms with Crippen LogP contribution < -0.4 is 0 Å². The van der Waals surface area contributed by atoms with Crippen LogP contribution in [0.5, 0.6) is 0 Å². The van der Waals surface area contributed by atoms with Gasteiger partial charge in [0.2, 0.25) is 0 Å². The lowest BCUT2D eigenvalue weighted by Gasteiger charge is -2.14. The fraction of sp³-hybridized carbons (Fsp3) is 0. The monoisotopic (exact) mass is 697 g/mol. The Bertz CT molecular complexity index is 3470. The Kier molecular flexibility index (Phi) is 6.34. The SMILES string of the molecule is c1ccc(-c2cc3c4ccc5ccccc5c4c4cccc5c4c3c(c2)n5-c2cccc(-c3nc(-c4ccccc4)c4ccc5ccccc5c4n3)c2)cc1. The molecule has 0 aliphatic rings. The normalized spacial score (nSPS) is 12.0. The zero-order chi connectivity index (χ0) is 36.0. The second-order valence-corrected chi connectivity index (χ2v) is 14.5. The standard InChI is InChI=1S/C52H31N3/c1-3-13-32(14-4-1)37-30-44-41-27-25-33-15-7-9-21-39(33)47(41)42-23-12-24-45-48(42)49(44)46(31-37)55(45)38-20-11-19-36(29-38)52-53-50(35-17-5-2-6-18-35)43-28-26-34-16-8-10-22-40(34)51(43)54-52/h1-31H. The molecule has 0 bridgehead atoms. The van der Waals surface area contributed by atoms with Crippen molar-refractivity contribution in [2.45, 2.75) is 0 Å². The van der Waals surface area contributed by atoms with Crippen LogP contribution in [0.15, 0.2) is 188 Å². The van der Waals surface area contributed by atoms with Gasteiger partial charge >= 0.3 is 0 Å². The van der Waals surface area contributed by atoms with Crippen LogP contribution in [-0.2, 0) is 0 Å². The second-order valence-electron chi connectivity index (χ2n) is 14.5. The van der Waals surface area contributed by atoms with Crippen LogP contribution in [0.3, 0.4) is 0 Å². The molecule has 2 heterocycles. The fourth-order valence-corrected chi connectivity index (χ4v) is 9.06. The molecule has 3 heteroatoms. The van der Waals surface area contributed by atoms with E-state index in [1.54, 1.807) is 0 Å². The van der Waals surface area contributed by atoms with Crippen molar-refractivity contribution in [3.8, 4) is 39.5 Å². The third-order valence-electron chi connectivity index (χ3n) is 11.5. The van der Waals surface area contributed by atoms with Gasteiger partial charge in [0.1, 0.15) is 0 Å². The maximum absolute atomic E-state index is 5.33. The smallest absolute Gasteiger partial charge is 0.160 e. The number of hydrogen-bond acceptors (Lipinski definition) is 2. The first kappa shape index (κ1) is 30.1. The van der Waals surface area contributed by atoms with Gasteiger partial charge < -0.3 is 4.57 Å². The summed E-state index contributed by atoms with van der Waals surface area (Å²) in [6.45, 7) is 0. The van der Waals surface area contributed by atoms with Gasteiger partial charge in [-0.3, -0.25) is 0 Å². The van der Waals surface area contributed by atoms with Gasteiger partial charge in [0.15, 0.2) is 5.82 Å². The lowest BCUT2D eigenvalue weighted by Crippen LogP contribution is -1.98. The van der Waals surface area contributed by atoms with Gasteiger partial charge in [-0.25, -0.2) is 9.97 Å². The molecule has 3 nitrogen and oxygen atoms in total. The van der Waals surface area contributed by atoms with E-state index in [1.165, 1.54) is 65.3 Å². The van der Waals surface area contributed by atoms with E-state index < -0.39 is 0 Å². The van der Waals surface area contributed by atoms with Crippen molar-refractivity contribution in [2.24, 2.45) is 0 Å². The molecule has 0 radical (unpaired) electrons. The second kappa shape index (κ2) is 11.6. The van der Waals surface area contributed by atoms with Crippen LogP contribution >= 0.6 is 0 Å². The molecule has 10 aromatic carbocycles. The molecule has 254 valence electrons. The highest BCUT2D eigenvalue weighted by Crippen LogP contribution is 2.47. The molecule has 2 aromatic heterocycles. The molecule has 0 N–H and O–H groups in total. The number of hydrogen-bond donors (Lipinski definition) is 0. The summed E-state index contributed by atoms with van der Waals surface area (Å²) in [5.41, 5.74) is 9.78. The van der Waals surface area contributed by atoms with Crippen molar-refractivity contribution in [3.05, 3.63) is 188 Å². The van der Waals surface area contributed by atoms with Gasteiger partial charge in [0, 0.05) is 38.4 Å². The molecule has 12 aromatic rings. The predicted molar refractivity (Wildman–Crippen MR) is 231 cm³/mol. The summed E-state index contributed by atoms with van der Waals surface area (Å²) in [5.74, 6) is 0.708. The van der Waals surface area contributed by atoms with Crippen LogP contribution in [0.25, 0.3) is 115 Å². The van der Waals surface area contributed by atoms with Crippen molar-refractivity contribution in [1.82, 2.24) is 14.5 Å². The van der Waals surface area contributed by atoms with E-state index >= 15 is 0 Å². The highest BCUT2D eigenvalue weighted by Gasteiger charge is 2.22. The minimum absolute atomic E-state index is 0.708. The van der Waals surface area contributed by atoms with E-state index in [-0.39, 0.29) is 0 Å². The molecular weight excluding hydrogens is 667 g/mol. The molecule has 0 saturated carbocycles. The van der Waals surface area contributed by atoms with Gasteiger partial charge in [-0.2, -0.15) is 0 Å². The third-order valence-corrected chi connectivity index (χ3v) is 11.5. The molecule has 55 heavy (non-hydrogen) atoms. The molecule has 0 atom stereocenters. The van der Waals surface area contributed by atoms with Crippen molar-refractivity contribution >= 4 is 75.8 Å². The summed E-state index contributed by atoms with van der Waals surface area (Å²) in [4.78, 5) is 10.7. The van der Waals surface area contributed by atoms with E-state index in [1.807, 2.05) is 0 Å². The molecule has 0 fully saturated rings. The molecular formula is C52H31N3. The Labute approximate surface area is 316 Å². The van der Waals surface area contributed by atoms with Crippen LogP contribution in [-0.4, -0.2) is 14.5 Å². The lowest BCUT2D eigenvalue weighted by molar-refractivity contribution is 1.17. The lowest BCUT2D eigenvalue weighted by atomic mass is 9.89.